The van der Waals surface area contributed by atoms with Gasteiger partial charge < -0.3 is 47.7 Å². The first kappa shape index (κ1) is 34.6. The summed E-state index contributed by atoms with van der Waals surface area (Å²) in [6.07, 6.45) is -5.35. The summed E-state index contributed by atoms with van der Waals surface area (Å²) in [6.45, 7) is 1.50. The maximum atomic E-state index is 11.1. The standard InChI is InChI=1S/C36H46O10/c1-38-34-32(37)29(46-36(40-3)35(34)39-2)24-43-31-19-28(42-21-26-15-9-5-10-16-26)33(44-22-27-17-11-6-12-18-27)30(45-31)23-41-20-25-13-7-4-8-14-25/h4-18,28-37H,19-24H2,1-3H3/t28-,29-,30-,31+,32-,33+,34+,35-,36+/m1/s1. The van der Waals surface area contributed by atoms with Gasteiger partial charge in [0.2, 0.25) is 0 Å². The zero-order chi connectivity index (χ0) is 32.1. The van der Waals surface area contributed by atoms with Crippen molar-refractivity contribution in [3.8, 4) is 0 Å². The number of aliphatic hydroxyl groups excluding tert-OH is 1. The largest absolute Gasteiger partial charge is 0.387 e. The molecule has 10 heteroatoms. The molecule has 3 aromatic rings. The van der Waals surface area contributed by atoms with Gasteiger partial charge in [-0.1, -0.05) is 91.0 Å². The number of benzene rings is 3. The zero-order valence-corrected chi connectivity index (χ0v) is 26.7. The quantitative estimate of drug-likeness (QED) is 0.245. The van der Waals surface area contributed by atoms with Crippen molar-refractivity contribution in [1.82, 2.24) is 0 Å². The average Bonchev–Trinajstić information content (AvgIpc) is 3.10. The van der Waals surface area contributed by atoms with Crippen molar-refractivity contribution >= 4 is 0 Å². The molecular weight excluding hydrogens is 592 g/mol. The molecule has 0 aliphatic carbocycles. The van der Waals surface area contributed by atoms with Crippen LogP contribution in [-0.4, -0.2) is 95.0 Å². The van der Waals surface area contributed by atoms with Crippen LogP contribution >= 0.6 is 0 Å². The first-order valence-electron chi connectivity index (χ1n) is 15.7. The zero-order valence-electron chi connectivity index (χ0n) is 26.7. The Morgan fingerprint density at radius 2 is 1.15 bits per heavy atom. The molecule has 2 aliphatic heterocycles. The predicted octanol–water partition coefficient (Wildman–Crippen LogP) is 4.27. The second-order valence-corrected chi connectivity index (χ2v) is 11.4. The fraction of sp³-hybridized carbons (Fsp3) is 0.500. The third-order valence-electron chi connectivity index (χ3n) is 8.31. The Labute approximate surface area is 271 Å². The average molecular weight is 639 g/mol. The number of hydrogen-bond donors (Lipinski definition) is 1. The molecule has 2 heterocycles. The summed E-state index contributed by atoms with van der Waals surface area (Å²) in [6, 6.07) is 30.0. The molecule has 0 amide bonds. The van der Waals surface area contributed by atoms with Crippen molar-refractivity contribution in [2.24, 2.45) is 0 Å². The van der Waals surface area contributed by atoms with E-state index in [4.69, 9.17) is 42.6 Å². The lowest BCUT2D eigenvalue weighted by atomic mass is 9.98. The Bertz CT molecular complexity index is 1250. The lowest BCUT2D eigenvalue weighted by Gasteiger charge is -2.44. The highest BCUT2D eigenvalue weighted by Gasteiger charge is 2.47. The molecule has 0 radical (unpaired) electrons. The minimum atomic E-state index is -1.01. The number of aliphatic hydroxyl groups is 1. The van der Waals surface area contributed by atoms with Crippen molar-refractivity contribution in [3.63, 3.8) is 0 Å². The van der Waals surface area contributed by atoms with Crippen molar-refractivity contribution in [1.29, 1.82) is 0 Å². The molecule has 9 atom stereocenters. The Kier molecular flexibility index (Phi) is 13.5. The Balaban J connectivity index is 1.31. The third kappa shape index (κ3) is 9.42. The molecule has 46 heavy (non-hydrogen) atoms. The molecule has 0 unspecified atom stereocenters. The topological polar surface area (TPSA) is 103 Å². The maximum absolute atomic E-state index is 11.1. The monoisotopic (exact) mass is 638 g/mol. The molecule has 5 rings (SSSR count). The van der Waals surface area contributed by atoms with Crippen molar-refractivity contribution < 1.29 is 47.7 Å². The molecule has 0 aromatic heterocycles. The van der Waals surface area contributed by atoms with Gasteiger partial charge in [0.05, 0.1) is 39.1 Å². The van der Waals surface area contributed by atoms with Crippen LogP contribution in [0.15, 0.2) is 91.0 Å². The summed E-state index contributed by atoms with van der Waals surface area (Å²) < 4.78 is 54.6. The second-order valence-electron chi connectivity index (χ2n) is 11.4. The van der Waals surface area contributed by atoms with Crippen LogP contribution < -0.4 is 0 Å². The van der Waals surface area contributed by atoms with Crippen LogP contribution in [0.1, 0.15) is 23.1 Å². The lowest BCUT2D eigenvalue weighted by Crippen LogP contribution is -2.61. The van der Waals surface area contributed by atoms with Crippen LogP contribution in [-0.2, 0) is 62.5 Å². The first-order chi connectivity index (χ1) is 22.6. The highest BCUT2D eigenvalue weighted by atomic mass is 16.7. The number of methoxy groups -OCH3 is 3. The van der Waals surface area contributed by atoms with Crippen molar-refractivity contribution in [2.75, 3.05) is 34.5 Å². The van der Waals surface area contributed by atoms with Gasteiger partial charge in [-0.05, 0) is 16.7 Å². The molecule has 3 aromatic carbocycles. The number of ether oxygens (including phenoxy) is 9. The minimum Gasteiger partial charge on any atom is -0.387 e. The highest BCUT2D eigenvalue weighted by Crippen LogP contribution is 2.31. The third-order valence-corrected chi connectivity index (χ3v) is 8.31. The van der Waals surface area contributed by atoms with Gasteiger partial charge in [0, 0.05) is 27.8 Å². The lowest BCUT2D eigenvalue weighted by molar-refractivity contribution is -0.321. The predicted molar refractivity (Wildman–Crippen MR) is 169 cm³/mol. The van der Waals surface area contributed by atoms with E-state index in [-0.39, 0.29) is 19.3 Å². The molecule has 0 bridgehead atoms. The van der Waals surface area contributed by atoms with Crippen molar-refractivity contribution in [3.05, 3.63) is 108 Å². The summed E-state index contributed by atoms with van der Waals surface area (Å²) in [4.78, 5) is 0. The molecule has 0 spiro atoms. The van der Waals surface area contributed by atoms with Gasteiger partial charge in [0.1, 0.15) is 36.6 Å². The summed E-state index contributed by atoms with van der Waals surface area (Å²) in [5, 5.41) is 11.1. The van der Waals surface area contributed by atoms with Crippen LogP contribution in [0.3, 0.4) is 0 Å². The Morgan fingerprint density at radius 1 is 0.587 bits per heavy atom. The molecule has 0 saturated carbocycles. The van der Waals surface area contributed by atoms with Crippen LogP contribution in [0.2, 0.25) is 0 Å². The first-order valence-corrected chi connectivity index (χ1v) is 15.7. The summed E-state index contributed by atoms with van der Waals surface area (Å²) in [7, 11) is 4.56. The van der Waals surface area contributed by atoms with Crippen LogP contribution in [0, 0.1) is 0 Å². The Morgan fingerprint density at radius 3 is 1.72 bits per heavy atom. The molecule has 2 saturated heterocycles. The molecule has 250 valence electrons. The van der Waals surface area contributed by atoms with E-state index in [9.17, 15) is 5.11 Å². The van der Waals surface area contributed by atoms with Gasteiger partial charge in [-0.15, -0.1) is 0 Å². The number of rotatable bonds is 16. The molecule has 1 N–H and O–H groups in total. The van der Waals surface area contributed by atoms with Gasteiger partial charge in [0.15, 0.2) is 12.6 Å². The van der Waals surface area contributed by atoms with E-state index < -0.39 is 49.2 Å². The fourth-order valence-corrected chi connectivity index (χ4v) is 5.86. The van der Waals surface area contributed by atoms with E-state index >= 15 is 0 Å². The maximum Gasteiger partial charge on any atom is 0.186 e. The molecular formula is C36H46O10. The second kappa shape index (κ2) is 18.0. The SMILES string of the molecule is CO[C@H]1O[C@H](CO[C@@H]2C[C@@H](OCc3ccccc3)[C@H](OCc3ccccc3)[C@@H](COCc3ccccc3)O2)[C@@H](O)[C@H](OC)[C@H]1OC. The van der Waals surface area contributed by atoms with Gasteiger partial charge in [-0.3, -0.25) is 0 Å². The van der Waals surface area contributed by atoms with E-state index in [1.165, 1.54) is 21.3 Å². The van der Waals surface area contributed by atoms with Gasteiger partial charge >= 0.3 is 0 Å². The van der Waals surface area contributed by atoms with Crippen LogP contribution in [0.25, 0.3) is 0 Å². The van der Waals surface area contributed by atoms with E-state index in [0.717, 1.165) is 16.7 Å². The Hall–Kier alpha value is -2.74. The van der Waals surface area contributed by atoms with Gasteiger partial charge in [-0.2, -0.15) is 0 Å². The van der Waals surface area contributed by atoms with Crippen LogP contribution in [0.5, 0.6) is 0 Å². The minimum absolute atomic E-state index is 0.0283. The molecule has 10 nitrogen and oxygen atoms in total. The van der Waals surface area contributed by atoms with Gasteiger partial charge in [0.25, 0.3) is 0 Å². The normalized spacial score (nSPS) is 29.9. The van der Waals surface area contributed by atoms with E-state index in [1.54, 1.807) is 0 Å². The number of hydrogen-bond acceptors (Lipinski definition) is 10. The van der Waals surface area contributed by atoms with Crippen molar-refractivity contribution in [2.45, 2.75) is 81.5 Å². The smallest absolute Gasteiger partial charge is 0.186 e. The summed E-state index contributed by atoms with van der Waals surface area (Å²) >= 11 is 0. The molecule has 2 aliphatic rings. The van der Waals surface area contributed by atoms with E-state index in [0.29, 0.717) is 26.2 Å². The van der Waals surface area contributed by atoms with Gasteiger partial charge in [-0.25, -0.2) is 0 Å². The summed E-state index contributed by atoms with van der Waals surface area (Å²) in [5.74, 6) is 0. The van der Waals surface area contributed by atoms with E-state index in [1.807, 2.05) is 91.0 Å². The molecule has 2 fully saturated rings. The van der Waals surface area contributed by atoms with Crippen LogP contribution in [0.4, 0.5) is 0 Å². The fourth-order valence-electron chi connectivity index (χ4n) is 5.86. The highest BCUT2D eigenvalue weighted by molar-refractivity contribution is 5.15. The van der Waals surface area contributed by atoms with E-state index in [2.05, 4.69) is 0 Å². The summed E-state index contributed by atoms with van der Waals surface area (Å²) in [5.41, 5.74) is 3.15.